The Balaban J connectivity index is 2.10. The molecule has 0 aliphatic carbocycles. The highest BCUT2D eigenvalue weighted by Crippen LogP contribution is 2.39. The van der Waals surface area contributed by atoms with Crippen molar-refractivity contribution in [3.05, 3.63) is 0 Å². The van der Waals surface area contributed by atoms with Crippen LogP contribution in [0, 0.1) is 5.41 Å². The van der Waals surface area contributed by atoms with E-state index in [9.17, 15) is 50.8 Å². The number of carbonyl (C=O) groups is 1. The minimum Gasteiger partial charge on any atom is -0.484 e. The Bertz CT molecular complexity index is 935. The molecule has 3 saturated heterocycles. The Hall–Kier alpha value is -1.27. The molecule has 11 N–H and O–H groups in total. The summed E-state index contributed by atoms with van der Waals surface area (Å²) in [5, 5.41) is 102. The first-order valence-corrected chi connectivity index (χ1v) is 13.5. The average molecular weight is 633 g/mol. The predicted molar refractivity (Wildman–Crippen MR) is 138 cm³/mol. The van der Waals surface area contributed by atoms with Gasteiger partial charge in [0.1, 0.15) is 72.3 Å². The van der Waals surface area contributed by atoms with Gasteiger partial charge in [0.25, 0.3) is 0 Å². The van der Waals surface area contributed by atoms with Gasteiger partial charge in [-0.05, 0) is 6.92 Å². The van der Waals surface area contributed by atoms with Crippen LogP contribution in [0.4, 0.5) is 0 Å². The van der Waals surface area contributed by atoms with E-state index >= 15 is 0 Å². The van der Waals surface area contributed by atoms with Crippen LogP contribution in [0.2, 0.25) is 0 Å². The van der Waals surface area contributed by atoms with Crippen LogP contribution in [0.25, 0.3) is 0 Å². The molecule has 0 aromatic rings. The SMILES string of the molecule is COC(=N)C(S)[C@]1(O)O[C@H](CO)[C@@H](O[C@@H]2O[C@H](C)[C@H](O)[C@H](O)[C@H]2O)[C@H](O[C@@H]2O[C@H](CO)[C@H](O)[C@H](O)[C@H]2O)[C@@H]1NC(C)=O. The van der Waals surface area contributed by atoms with E-state index in [0.29, 0.717) is 0 Å². The molecule has 3 heterocycles. The monoisotopic (exact) mass is 632 g/mol. The fourth-order valence-electron chi connectivity index (χ4n) is 5.04. The fourth-order valence-corrected chi connectivity index (χ4v) is 5.36. The van der Waals surface area contributed by atoms with Crippen LogP contribution >= 0.6 is 12.6 Å². The van der Waals surface area contributed by atoms with Gasteiger partial charge in [0, 0.05) is 6.92 Å². The standard InChI is InChI=1S/C23H40N2O16S/c1-6-10(29)12(31)14(33)21(37-6)39-16-9(5-27)41-23(35,19(42)20(24)36-3)18(25-7(2)28)17(16)40-22-15(34)13(32)11(30)8(4-26)38-22/h6,8-19,21-22,24,26-27,29-35,42H,4-5H2,1-3H3,(H,25,28)/t6-,8-,9-,10+,11+,12+,13+,14-,15-,16-,17+,18+,19?,21+,22+,23-/m1/s1. The molecule has 18 nitrogen and oxygen atoms in total. The van der Waals surface area contributed by atoms with E-state index in [2.05, 4.69) is 17.9 Å². The summed E-state index contributed by atoms with van der Waals surface area (Å²) < 4.78 is 33.3. The van der Waals surface area contributed by atoms with Crippen molar-refractivity contribution in [1.82, 2.24) is 5.32 Å². The van der Waals surface area contributed by atoms with Crippen LogP contribution in [0.3, 0.4) is 0 Å². The molecule has 0 radical (unpaired) electrons. The third-order valence-electron chi connectivity index (χ3n) is 7.44. The molecule has 3 rings (SSSR count). The predicted octanol–water partition coefficient (Wildman–Crippen LogP) is -6.11. The van der Waals surface area contributed by atoms with Gasteiger partial charge in [0.05, 0.1) is 26.4 Å². The smallest absolute Gasteiger partial charge is 0.217 e. The number of rotatable bonds is 9. The largest absolute Gasteiger partial charge is 0.484 e. The summed E-state index contributed by atoms with van der Waals surface area (Å²) in [5.74, 6) is -4.13. The molecule has 0 aromatic heterocycles. The van der Waals surface area contributed by atoms with Crippen molar-refractivity contribution in [2.45, 2.75) is 111 Å². The zero-order valence-electron chi connectivity index (χ0n) is 22.9. The van der Waals surface area contributed by atoms with Crippen molar-refractivity contribution in [2.75, 3.05) is 20.3 Å². The van der Waals surface area contributed by atoms with Crippen LogP contribution in [0.15, 0.2) is 0 Å². The molecule has 0 aromatic carbocycles. The lowest BCUT2D eigenvalue weighted by molar-refractivity contribution is -0.387. The van der Waals surface area contributed by atoms with Crippen LogP contribution in [0.1, 0.15) is 13.8 Å². The molecule has 42 heavy (non-hydrogen) atoms. The van der Waals surface area contributed by atoms with E-state index in [-0.39, 0.29) is 0 Å². The normalized spacial score (nSPS) is 47.0. The number of aliphatic hydroxyl groups excluding tert-OH is 8. The lowest BCUT2D eigenvalue weighted by atomic mass is 9.87. The van der Waals surface area contributed by atoms with Crippen LogP contribution in [0.5, 0.6) is 0 Å². The van der Waals surface area contributed by atoms with Gasteiger partial charge in [-0.1, -0.05) is 0 Å². The van der Waals surface area contributed by atoms with Gasteiger partial charge < -0.3 is 79.7 Å². The number of aliphatic hydroxyl groups is 9. The van der Waals surface area contributed by atoms with Gasteiger partial charge in [0.2, 0.25) is 11.7 Å². The molecule has 0 bridgehead atoms. The van der Waals surface area contributed by atoms with E-state index in [4.69, 9.17) is 33.8 Å². The van der Waals surface area contributed by atoms with Crippen molar-refractivity contribution >= 4 is 24.4 Å². The molecule has 3 aliphatic heterocycles. The Labute approximate surface area is 245 Å². The Morgan fingerprint density at radius 3 is 1.95 bits per heavy atom. The number of thiol groups is 1. The van der Waals surface area contributed by atoms with E-state index in [1.54, 1.807) is 0 Å². The molecule has 244 valence electrons. The number of carbonyl (C=O) groups excluding carboxylic acids is 1. The molecule has 0 spiro atoms. The Morgan fingerprint density at radius 2 is 1.43 bits per heavy atom. The molecule has 1 unspecified atom stereocenters. The highest BCUT2D eigenvalue weighted by atomic mass is 32.1. The molecule has 0 saturated carbocycles. The number of hydrogen-bond donors (Lipinski definition) is 12. The Morgan fingerprint density at radius 1 is 0.905 bits per heavy atom. The zero-order chi connectivity index (χ0) is 31.7. The van der Waals surface area contributed by atoms with Crippen molar-refractivity contribution in [1.29, 1.82) is 5.41 Å². The van der Waals surface area contributed by atoms with Crippen molar-refractivity contribution in [3.8, 4) is 0 Å². The second-order valence-electron chi connectivity index (χ2n) is 10.3. The number of hydrogen-bond acceptors (Lipinski definition) is 18. The zero-order valence-corrected chi connectivity index (χ0v) is 23.8. The maximum absolute atomic E-state index is 12.3. The average Bonchev–Trinajstić information content (AvgIpc) is 2.96. The van der Waals surface area contributed by atoms with Gasteiger partial charge in [0.15, 0.2) is 18.5 Å². The number of methoxy groups -OCH3 is 1. The number of ether oxygens (including phenoxy) is 6. The highest BCUT2D eigenvalue weighted by Gasteiger charge is 2.62. The molecule has 19 heteroatoms. The van der Waals surface area contributed by atoms with Gasteiger partial charge in [-0.15, -0.1) is 0 Å². The summed E-state index contributed by atoms with van der Waals surface area (Å²) in [6.45, 7) is 0.682. The second-order valence-corrected chi connectivity index (χ2v) is 10.8. The summed E-state index contributed by atoms with van der Waals surface area (Å²) in [6.07, 6.45) is -21.9. The van der Waals surface area contributed by atoms with E-state index in [1.807, 2.05) is 0 Å². The molecule has 16 atom stereocenters. The van der Waals surface area contributed by atoms with Gasteiger partial charge in [-0.25, -0.2) is 0 Å². The topological polar surface area (TPSA) is 290 Å². The first kappa shape index (κ1) is 35.2. The molecule has 1 amide bonds. The van der Waals surface area contributed by atoms with E-state index < -0.39 is 122 Å². The van der Waals surface area contributed by atoms with Crippen LogP contribution in [-0.4, -0.2) is 175 Å². The van der Waals surface area contributed by atoms with Gasteiger partial charge in [-0.2, -0.15) is 12.6 Å². The number of nitrogens with one attached hydrogen (secondary N) is 2. The summed E-state index contributed by atoms with van der Waals surface area (Å²) in [7, 11) is 1.10. The molecule has 3 fully saturated rings. The first-order valence-electron chi connectivity index (χ1n) is 13.0. The molecule has 3 aliphatic rings. The minimum absolute atomic E-state index is 0.643. The molecular weight excluding hydrogens is 592 g/mol. The summed E-state index contributed by atoms with van der Waals surface area (Å²) in [5.41, 5.74) is 0. The Kier molecular flexibility index (Phi) is 11.9. The quantitative estimate of drug-likeness (QED) is 0.0639. The summed E-state index contributed by atoms with van der Waals surface area (Å²) in [6, 6.07) is -1.79. The lowest BCUT2D eigenvalue weighted by Gasteiger charge is -2.54. The molecular formula is C23H40N2O16S. The lowest BCUT2D eigenvalue weighted by Crippen LogP contribution is -2.76. The third-order valence-corrected chi connectivity index (χ3v) is 8.05. The summed E-state index contributed by atoms with van der Waals surface area (Å²) >= 11 is 4.22. The van der Waals surface area contributed by atoms with E-state index in [1.165, 1.54) is 6.92 Å². The maximum Gasteiger partial charge on any atom is 0.217 e. The van der Waals surface area contributed by atoms with Crippen LogP contribution < -0.4 is 5.32 Å². The fraction of sp³-hybridized carbons (Fsp3) is 0.913. The van der Waals surface area contributed by atoms with Crippen molar-refractivity contribution in [2.24, 2.45) is 0 Å². The van der Waals surface area contributed by atoms with E-state index in [0.717, 1.165) is 14.0 Å². The minimum atomic E-state index is -2.71. The third kappa shape index (κ3) is 6.85. The highest BCUT2D eigenvalue weighted by molar-refractivity contribution is 7.81. The number of amides is 1. The van der Waals surface area contributed by atoms with Gasteiger partial charge in [-0.3, -0.25) is 10.2 Å². The van der Waals surface area contributed by atoms with Crippen LogP contribution in [-0.2, 0) is 33.2 Å². The van der Waals surface area contributed by atoms with Crippen molar-refractivity contribution in [3.63, 3.8) is 0 Å². The van der Waals surface area contributed by atoms with Crippen molar-refractivity contribution < 1.29 is 79.2 Å². The maximum atomic E-state index is 12.3. The van der Waals surface area contributed by atoms with Gasteiger partial charge >= 0.3 is 0 Å². The second kappa shape index (κ2) is 14.2. The summed E-state index contributed by atoms with van der Waals surface area (Å²) in [4.78, 5) is 12.3. The first-order chi connectivity index (χ1) is 19.6.